The van der Waals surface area contributed by atoms with E-state index in [-0.39, 0.29) is 6.42 Å². The van der Waals surface area contributed by atoms with E-state index in [2.05, 4.69) is 54.4 Å². The zero-order valence-corrected chi connectivity index (χ0v) is 18.3. The van der Waals surface area contributed by atoms with Gasteiger partial charge in [-0.15, -0.1) is 0 Å². The van der Waals surface area contributed by atoms with Gasteiger partial charge in [0.25, 0.3) is 0 Å². The Morgan fingerprint density at radius 3 is 2.59 bits per heavy atom. The SMILES string of the molecule is COc1cc(C=NNC(=O)CC(=O)Nc2ccccc2Br)cc(I)c1OC. The van der Waals surface area contributed by atoms with Crippen LogP contribution in [0.2, 0.25) is 0 Å². The Hall–Kier alpha value is -2.14. The smallest absolute Gasteiger partial charge is 0.249 e. The van der Waals surface area contributed by atoms with Gasteiger partial charge in [-0.2, -0.15) is 5.10 Å². The zero-order valence-electron chi connectivity index (χ0n) is 14.6. The number of hydrogen-bond acceptors (Lipinski definition) is 5. The Balaban J connectivity index is 1.92. The lowest BCUT2D eigenvalue weighted by Gasteiger charge is -2.10. The van der Waals surface area contributed by atoms with Gasteiger partial charge >= 0.3 is 0 Å². The molecular weight excluding hydrogens is 529 g/mol. The number of methoxy groups -OCH3 is 2. The first kappa shape index (κ1) is 21.2. The van der Waals surface area contributed by atoms with E-state index < -0.39 is 11.8 Å². The average Bonchev–Trinajstić information content (AvgIpc) is 2.63. The van der Waals surface area contributed by atoms with Crippen molar-refractivity contribution < 1.29 is 19.1 Å². The molecule has 0 fully saturated rings. The molecule has 0 aromatic heterocycles. The topological polar surface area (TPSA) is 89.0 Å². The lowest BCUT2D eigenvalue weighted by Crippen LogP contribution is -2.24. The maximum absolute atomic E-state index is 11.9. The number of benzene rings is 2. The summed E-state index contributed by atoms with van der Waals surface area (Å²) >= 11 is 5.45. The summed E-state index contributed by atoms with van der Waals surface area (Å²) in [6, 6.07) is 10.7. The summed E-state index contributed by atoms with van der Waals surface area (Å²) in [4.78, 5) is 23.8. The van der Waals surface area contributed by atoms with Crippen LogP contribution in [-0.4, -0.2) is 32.2 Å². The molecule has 0 bridgehead atoms. The number of hydrogen-bond donors (Lipinski definition) is 2. The number of amides is 2. The van der Waals surface area contributed by atoms with Crippen molar-refractivity contribution in [1.29, 1.82) is 0 Å². The maximum Gasteiger partial charge on any atom is 0.249 e. The van der Waals surface area contributed by atoms with Crippen molar-refractivity contribution in [2.24, 2.45) is 5.10 Å². The van der Waals surface area contributed by atoms with Crippen LogP contribution in [0.5, 0.6) is 11.5 Å². The van der Waals surface area contributed by atoms with Crippen molar-refractivity contribution in [2.75, 3.05) is 19.5 Å². The lowest BCUT2D eigenvalue weighted by atomic mass is 10.2. The second-order valence-corrected chi connectivity index (χ2v) is 7.25. The highest BCUT2D eigenvalue weighted by molar-refractivity contribution is 14.1. The molecule has 142 valence electrons. The Bertz CT molecular complexity index is 874. The molecule has 0 aliphatic heterocycles. The Morgan fingerprint density at radius 2 is 1.93 bits per heavy atom. The van der Waals surface area contributed by atoms with E-state index in [1.54, 1.807) is 38.5 Å². The summed E-state index contributed by atoms with van der Waals surface area (Å²) in [5.41, 5.74) is 3.65. The second kappa shape index (κ2) is 10.3. The molecule has 2 aromatic carbocycles. The van der Waals surface area contributed by atoms with Crippen LogP contribution < -0.4 is 20.2 Å². The molecule has 0 aliphatic carbocycles. The van der Waals surface area contributed by atoms with Crippen LogP contribution in [-0.2, 0) is 9.59 Å². The summed E-state index contributed by atoms with van der Waals surface area (Å²) in [5, 5.41) is 6.53. The molecule has 0 saturated heterocycles. The second-order valence-electron chi connectivity index (χ2n) is 5.24. The molecule has 0 unspecified atom stereocenters. The number of anilines is 1. The Labute approximate surface area is 178 Å². The van der Waals surface area contributed by atoms with E-state index in [9.17, 15) is 9.59 Å². The molecule has 2 N–H and O–H groups in total. The van der Waals surface area contributed by atoms with E-state index >= 15 is 0 Å². The van der Waals surface area contributed by atoms with Crippen LogP contribution in [0.3, 0.4) is 0 Å². The number of halogens is 2. The molecule has 0 aliphatic rings. The molecule has 0 radical (unpaired) electrons. The quantitative estimate of drug-likeness (QED) is 0.241. The van der Waals surface area contributed by atoms with Gasteiger partial charge in [0, 0.05) is 4.47 Å². The van der Waals surface area contributed by atoms with Crippen molar-refractivity contribution in [3.63, 3.8) is 0 Å². The van der Waals surface area contributed by atoms with Gasteiger partial charge in [0.15, 0.2) is 11.5 Å². The third-order valence-corrected chi connectivity index (χ3v) is 4.82. The number of nitrogens with zero attached hydrogens (tertiary/aromatic N) is 1. The predicted octanol–water partition coefficient (Wildman–Crippen LogP) is 3.55. The van der Waals surface area contributed by atoms with Crippen LogP contribution in [0, 0.1) is 3.57 Å². The summed E-state index contributed by atoms with van der Waals surface area (Å²) in [7, 11) is 3.10. The number of rotatable bonds is 7. The highest BCUT2D eigenvalue weighted by atomic mass is 127. The van der Waals surface area contributed by atoms with Gasteiger partial charge in [0.1, 0.15) is 6.42 Å². The van der Waals surface area contributed by atoms with Crippen LogP contribution in [0.4, 0.5) is 5.69 Å². The van der Waals surface area contributed by atoms with Crippen LogP contribution in [0.1, 0.15) is 12.0 Å². The number of nitrogens with one attached hydrogen (secondary N) is 2. The number of para-hydroxylation sites is 1. The minimum absolute atomic E-state index is 0.345. The minimum atomic E-state index is -0.522. The first-order valence-electron chi connectivity index (χ1n) is 7.72. The van der Waals surface area contributed by atoms with Gasteiger partial charge in [-0.05, 0) is 68.3 Å². The molecule has 2 amide bonds. The molecule has 2 rings (SSSR count). The standard InChI is InChI=1S/C18H17BrIN3O4/c1-26-15-8-11(7-13(20)18(15)27-2)10-21-23-17(25)9-16(24)22-14-6-4-3-5-12(14)19/h3-8,10H,9H2,1-2H3,(H,22,24)(H,23,25). The number of hydrazone groups is 1. The Morgan fingerprint density at radius 1 is 1.19 bits per heavy atom. The summed E-state index contributed by atoms with van der Waals surface area (Å²) in [6.07, 6.45) is 1.12. The zero-order chi connectivity index (χ0) is 19.8. The van der Waals surface area contributed by atoms with E-state index in [1.165, 1.54) is 6.21 Å². The van der Waals surface area contributed by atoms with Crippen molar-refractivity contribution in [3.8, 4) is 11.5 Å². The van der Waals surface area contributed by atoms with Crippen molar-refractivity contribution in [1.82, 2.24) is 5.43 Å². The molecular formula is C18H17BrIN3O4. The van der Waals surface area contributed by atoms with Crippen molar-refractivity contribution in [2.45, 2.75) is 6.42 Å². The molecule has 2 aromatic rings. The predicted molar refractivity (Wildman–Crippen MR) is 115 cm³/mol. The van der Waals surface area contributed by atoms with E-state index in [0.717, 1.165) is 13.6 Å². The van der Waals surface area contributed by atoms with Gasteiger partial charge in [0.2, 0.25) is 11.8 Å². The fourth-order valence-corrected chi connectivity index (χ4v) is 3.36. The normalized spacial score (nSPS) is 10.5. The van der Waals surface area contributed by atoms with Crippen LogP contribution in [0.25, 0.3) is 0 Å². The molecule has 0 atom stereocenters. The van der Waals surface area contributed by atoms with Gasteiger partial charge in [-0.25, -0.2) is 5.43 Å². The summed E-state index contributed by atoms with van der Waals surface area (Å²) < 4.78 is 12.1. The minimum Gasteiger partial charge on any atom is -0.493 e. The number of carbonyl (C=O) groups excluding carboxylic acids is 2. The van der Waals surface area contributed by atoms with Crippen LogP contribution >= 0.6 is 38.5 Å². The fourth-order valence-electron chi connectivity index (χ4n) is 2.13. The van der Waals surface area contributed by atoms with E-state index in [1.807, 2.05) is 12.1 Å². The van der Waals surface area contributed by atoms with Crippen LogP contribution in [0.15, 0.2) is 46.0 Å². The molecule has 0 heterocycles. The fraction of sp³-hybridized carbons (Fsp3) is 0.167. The first-order valence-corrected chi connectivity index (χ1v) is 9.59. The van der Waals surface area contributed by atoms with Crippen molar-refractivity contribution in [3.05, 3.63) is 50.0 Å². The molecule has 27 heavy (non-hydrogen) atoms. The highest BCUT2D eigenvalue weighted by Crippen LogP contribution is 2.33. The monoisotopic (exact) mass is 545 g/mol. The molecule has 9 heteroatoms. The Kier molecular flexibility index (Phi) is 8.04. The lowest BCUT2D eigenvalue weighted by molar-refractivity contribution is -0.126. The molecule has 7 nitrogen and oxygen atoms in total. The van der Waals surface area contributed by atoms with E-state index in [4.69, 9.17) is 9.47 Å². The largest absolute Gasteiger partial charge is 0.493 e. The average molecular weight is 546 g/mol. The molecule has 0 spiro atoms. The summed E-state index contributed by atoms with van der Waals surface area (Å²) in [6.45, 7) is 0. The third kappa shape index (κ3) is 6.21. The molecule has 0 saturated carbocycles. The van der Waals surface area contributed by atoms with Gasteiger partial charge in [-0.1, -0.05) is 12.1 Å². The maximum atomic E-state index is 11.9. The van der Waals surface area contributed by atoms with Gasteiger partial charge in [0.05, 0.1) is 29.7 Å². The number of carbonyl (C=O) groups is 2. The third-order valence-electron chi connectivity index (χ3n) is 3.33. The highest BCUT2D eigenvalue weighted by Gasteiger charge is 2.11. The first-order chi connectivity index (χ1) is 12.9. The van der Waals surface area contributed by atoms with Gasteiger partial charge < -0.3 is 14.8 Å². The summed E-state index contributed by atoms with van der Waals surface area (Å²) in [5.74, 6) is 0.231. The number of ether oxygens (including phenoxy) is 2. The van der Waals surface area contributed by atoms with Gasteiger partial charge in [-0.3, -0.25) is 9.59 Å². The van der Waals surface area contributed by atoms with Crippen molar-refractivity contribution >= 4 is 62.2 Å². The van der Waals surface area contributed by atoms with E-state index in [0.29, 0.717) is 17.2 Å².